The van der Waals surface area contributed by atoms with Gasteiger partial charge in [-0.2, -0.15) is 0 Å². The van der Waals surface area contributed by atoms with Crippen molar-refractivity contribution in [1.82, 2.24) is 0 Å². The third-order valence-corrected chi connectivity index (χ3v) is 4.99. The van der Waals surface area contributed by atoms with Gasteiger partial charge in [-0.05, 0) is 79.6 Å². The lowest BCUT2D eigenvalue weighted by Crippen LogP contribution is -2.05. The predicted molar refractivity (Wildman–Crippen MR) is 98.9 cm³/mol. The topological polar surface area (TPSA) is 35.2 Å². The Morgan fingerprint density at radius 2 is 1.83 bits per heavy atom. The Bertz CT molecular complexity index is 682. The Morgan fingerprint density at radius 1 is 1.09 bits per heavy atom. The maximum atomic E-state index is 6.25. The van der Waals surface area contributed by atoms with Crippen molar-refractivity contribution in [3.05, 3.63) is 57.6 Å². The summed E-state index contributed by atoms with van der Waals surface area (Å²) in [5, 5.41) is 0.769. The highest BCUT2D eigenvalue weighted by Crippen LogP contribution is 2.34. The van der Waals surface area contributed by atoms with Gasteiger partial charge >= 0.3 is 0 Å². The van der Waals surface area contributed by atoms with Gasteiger partial charge in [0, 0.05) is 5.02 Å². The van der Waals surface area contributed by atoms with Crippen LogP contribution in [0.3, 0.4) is 0 Å². The predicted octanol–water partition coefficient (Wildman–Crippen LogP) is 5.76. The SMILES string of the molecule is CCC(C)c1ccc(CCN)c(Oc2ccc(Cl)c(C)c2C)c1. The van der Waals surface area contributed by atoms with E-state index < -0.39 is 0 Å². The molecule has 0 fully saturated rings. The van der Waals surface area contributed by atoms with Crippen LogP contribution in [0.4, 0.5) is 0 Å². The van der Waals surface area contributed by atoms with Crippen LogP contribution in [0.15, 0.2) is 30.3 Å². The van der Waals surface area contributed by atoms with Crippen molar-refractivity contribution in [2.75, 3.05) is 6.54 Å². The molecule has 0 radical (unpaired) electrons. The zero-order valence-electron chi connectivity index (χ0n) is 14.4. The van der Waals surface area contributed by atoms with Crippen molar-refractivity contribution >= 4 is 11.6 Å². The summed E-state index contributed by atoms with van der Waals surface area (Å²) in [4.78, 5) is 0. The van der Waals surface area contributed by atoms with Gasteiger partial charge in [-0.3, -0.25) is 0 Å². The van der Waals surface area contributed by atoms with E-state index in [1.54, 1.807) is 0 Å². The second-order valence-electron chi connectivity index (χ2n) is 6.11. The number of hydrogen-bond donors (Lipinski definition) is 1. The first-order chi connectivity index (χ1) is 11.0. The molecular formula is C20H26ClNO. The standard InChI is InChI=1S/C20H26ClNO/c1-5-13(2)17-7-6-16(10-11-22)20(12-17)23-19-9-8-18(21)14(3)15(19)4/h6-9,12-13H,5,10-11,22H2,1-4H3. The van der Waals surface area contributed by atoms with Crippen LogP contribution in [0.5, 0.6) is 11.5 Å². The summed E-state index contributed by atoms with van der Waals surface area (Å²) >= 11 is 6.18. The van der Waals surface area contributed by atoms with E-state index in [0.29, 0.717) is 12.5 Å². The monoisotopic (exact) mass is 331 g/mol. The molecule has 2 rings (SSSR count). The van der Waals surface area contributed by atoms with Gasteiger partial charge in [0.1, 0.15) is 11.5 Å². The van der Waals surface area contributed by atoms with Gasteiger partial charge in [-0.1, -0.05) is 37.6 Å². The number of hydrogen-bond acceptors (Lipinski definition) is 2. The van der Waals surface area contributed by atoms with Gasteiger partial charge in [0.15, 0.2) is 0 Å². The van der Waals surface area contributed by atoms with Gasteiger partial charge in [0.2, 0.25) is 0 Å². The van der Waals surface area contributed by atoms with Crippen LogP contribution in [-0.2, 0) is 6.42 Å². The van der Waals surface area contributed by atoms with E-state index in [4.69, 9.17) is 22.1 Å². The third kappa shape index (κ3) is 4.07. The molecule has 0 amide bonds. The molecule has 3 heteroatoms. The minimum absolute atomic E-state index is 0.511. The lowest BCUT2D eigenvalue weighted by atomic mass is 9.96. The molecule has 2 nitrogen and oxygen atoms in total. The van der Waals surface area contributed by atoms with E-state index in [9.17, 15) is 0 Å². The van der Waals surface area contributed by atoms with Crippen LogP contribution >= 0.6 is 11.6 Å². The van der Waals surface area contributed by atoms with E-state index in [0.717, 1.165) is 46.1 Å². The van der Waals surface area contributed by atoms with Crippen LogP contribution in [-0.4, -0.2) is 6.54 Å². The van der Waals surface area contributed by atoms with Crippen LogP contribution in [0, 0.1) is 13.8 Å². The maximum Gasteiger partial charge on any atom is 0.130 e. The van der Waals surface area contributed by atoms with Crippen LogP contribution in [0.1, 0.15) is 48.4 Å². The molecule has 0 aromatic heterocycles. The van der Waals surface area contributed by atoms with E-state index >= 15 is 0 Å². The van der Waals surface area contributed by atoms with Gasteiger partial charge in [0.05, 0.1) is 0 Å². The Balaban J connectivity index is 2.42. The molecule has 1 unspecified atom stereocenters. The normalized spacial score (nSPS) is 12.3. The highest BCUT2D eigenvalue weighted by molar-refractivity contribution is 6.31. The van der Waals surface area contributed by atoms with Crippen LogP contribution in [0.25, 0.3) is 0 Å². The molecule has 1 atom stereocenters. The van der Waals surface area contributed by atoms with E-state index in [1.807, 2.05) is 26.0 Å². The van der Waals surface area contributed by atoms with E-state index in [2.05, 4.69) is 32.0 Å². The third-order valence-electron chi connectivity index (χ3n) is 4.58. The van der Waals surface area contributed by atoms with E-state index in [1.165, 1.54) is 5.56 Å². The zero-order valence-corrected chi connectivity index (χ0v) is 15.2. The van der Waals surface area contributed by atoms with Crippen molar-refractivity contribution in [3.63, 3.8) is 0 Å². The molecule has 2 aromatic carbocycles. The number of halogens is 1. The molecule has 0 aliphatic heterocycles. The fourth-order valence-electron chi connectivity index (χ4n) is 2.56. The lowest BCUT2D eigenvalue weighted by Gasteiger charge is -2.17. The van der Waals surface area contributed by atoms with Crippen molar-refractivity contribution in [2.45, 2.75) is 46.5 Å². The quantitative estimate of drug-likeness (QED) is 0.729. The summed E-state index contributed by atoms with van der Waals surface area (Å²) in [6.45, 7) is 9.10. The van der Waals surface area contributed by atoms with Gasteiger partial charge < -0.3 is 10.5 Å². The molecule has 0 aliphatic carbocycles. The zero-order chi connectivity index (χ0) is 17.0. The molecule has 0 saturated carbocycles. The first-order valence-electron chi connectivity index (χ1n) is 8.24. The molecule has 2 N–H and O–H groups in total. The molecule has 124 valence electrons. The van der Waals surface area contributed by atoms with Crippen molar-refractivity contribution < 1.29 is 4.74 Å². The summed E-state index contributed by atoms with van der Waals surface area (Å²) in [6, 6.07) is 10.3. The van der Waals surface area contributed by atoms with E-state index in [-0.39, 0.29) is 0 Å². The first-order valence-corrected chi connectivity index (χ1v) is 8.62. The molecule has 0 saturated heterocycles. The van der Waals surface area contributed by atoms with Crippen molar-refractivity contribution in [2.24, 2.45) is 5.73 Å². The van der Waals surface area contributed by atoms with Crippen LogP contribution < -0.4 is 10.5 Å². The Kier molecular flexibility index (Phi) is 6.09. The second kappa shape index (κ2) is 7.85. The van der Waals surface area contributed by atoms with Crippen molar-refractivity contribution in [1.29, 1.82) is 0 Å². The summed E-state index contributed by atoms with van der Waals surface area (Å²) in [7, 11) is 0. The smallest absolute Gasteiger partial charge is 0.130 e. The number of rotatable bonds is 6. The Hall–Kier alpha value is -1.51. The number of ether oxygens (including phenoxy) is 1. The minimum atomic E-state index is 0.511. The summed E-state index contributed by atoms with van der Waals surface area (Å²) in [6.07, 6.45) is 1.91. The Labute approximate surface area is 144 Å². The average Bonchev–Trinajstić information content (AvgIpc) is 2.56. The molecule has 0 aliphatic rings. The fourth-order valence-corrected chi connectivity index (χ4v) is 2.77. The van der Waals surface area contributed by atoms with Gasteiger partial charge in [0.25, 0.3) is 0 Å². The summed E-state index contributed by atoms with van der Waals surface area (Å²) in [5.74, 6) is 2.27. The maximum absolute atomic E-state index is 6.25. The second-order valence-corrected chi connectivity index (χ2v) is 6.52. The molecule has 0 spiro atoms. The largest absolute Gasteiger partial charge is 0.457 e. The molecule has 0 heterocycles. The van der Waals surface area contributed by atoms with Crippen molar-refractivity contribution in [3.8, 4) is 11.5 Å². The average molecular weight is 332 g/mol. The number of nitrogens with two attached hydrogens (primary N) is 1. The minimum Gasteiger partial charge on any atom is -0.457 e. The first kappa shape index (κ1) is 17.8. The summed E-state index contributed by atoms with van der Waals surface area (Å²) < 4.78 is 6.25. The fraction of sp³-hybridized carbons (Fsp3) is 0.400. The molecular weight excluding hydrogens is 306 g/mol. The van der Waals surface area contributed by atoms with Gasteiger partial charge in [-0.25, -0.2) is 0 Å². The lowest BCUT2D eigenvalue weighted by molar-refractivity contribution is 0.470. The Morgan fingerprint density at radius 3 is 2.48 bits per heavy atom. The van der Waals surface area contributed by atoms with Crippen LogP contribution in [0.2, 0.25) is 5.02 Å². The molecule has 0 bridgehead atoms. The van der Waals surface area contributed by atoms with Gasteiger partial charge in [-0.15, -0.1) is 0 Å². The highest BCUT2D eigenvalue weighted by atomic mass is 35.5. The molecule has 23 heavy (non-hydrogen) atoms. The number of benzene rings is 2. The highest BCUT2D eigenvalue weighted by Gasteiger charge is 2.12. The summed E-state index contributed by atoms with van der Waals surface area (Å²) in [5.41, 5.74) is 10.3. The molecule has 2 aromatic rings.